The van der Waals surface area contributed by atoms with Crippen molar-refractivity contribution in [2.24, 2.45) is 0 Å². The van der Waals surface area contributed by atoms with E-state index in [0.717, 1.165) is 34.0 Å². The maximum Gasteiger partial charge on any atom is 0.138 e. The number of rotatable bonds is 3. The zero-order valence-corrected chi connectivity index (χ0v) is 26.5. The van der Waals surface area contributed by atoms with Gasteiger partial charge in [-0.05, 0) is 70.6 Å². The number of nitrogens with zero attached hydrogens (tertiary/aromatic N) is 2. The molecule has 0 saturated heterocycles. The molecule has 10 aromatic rings. The van der Waals surface area contributed by atoms with Gasteiger partial charge in [0, 0.05) is 49.9 Å². The lowest BCUT2D eigenvalue weighted by Gasteiger charge is -2.22. The Kier molecular flexibility index (Phi) is 5.38. The van der Waals surface area contributed by atoms with Crippen molar-refractivity contribution < 1.29 is 4.74 Å². The number of aromatic nitrogens is 2. The number of hydrogen-bond donors (Lipinski definition) is 0. The van der Waals surface area contributed by atoms with Gasteiger partial charge >= 0.3 is 0 Å². The van der Waals surface area contributed by atoms with Crippen LogP contribution in [0.25, 0.3) is 88.0 Å². The van der Waals surface area contributed by atoms with Crippen molar-refractivity contribution in [2.75, 3.05) is 0 Å². The summed E-state index contributed by atoms with van der Waals surface area (Å²) >= 11 is 0. The molecule has 2 aromatic heterocycles. The molecule has 0 aliphatic carbocycles. The molecule has 0 atom stereocenters. The predicted molar refractivity (Wildman–Crippen MR) is 204 cm³/mol. The molecule has 49 heavy (non-hydrogen) atoms. The summed E-state index contributed by atoms with van der Waals surface area (Å²) in [6, 6.07) is 61.2. The third-order valence-corrected chi connectivity index (χ3v) is 10.3. The molecular formula is C46H28N2O. The summed E-state index contributed by atoms with van der Waals surface area (Å²) in [6.45, 7) is 0. The van der Waals surface area contributed by atoms with Gasteiger partial charge in [-0.15, -0.1) is 0 Å². The van der Waals surface area contributed by atoms with Gasteiger partial charge in [0.1, 0.15) is 11.5 Å². The van der Waals surface area contributed by atoms with Gasteiger partial charge in [-0.3, -0.25) is 0 Å². The Labute approximate surface area is 282 Å². The van der Waals surface area contributed by atoms with Crippen molar-refractivity contribution >= 4 is 54.4 Å². The largest absolute Gasteiger partial charge is 0.456 e. The first-order valence-corrected chi connectivity index (χ1v) is 16.8. The zero-order valence-electron chi connectivity index (χ0n) is 26.5. The standard InChI is InChI=1S/C46H28N2O/c1-3-12-31(13-4-1)47-39-20-9-7-16-33(39)34-24-22-29(26-40(34)47)30-23-25-37-41(27-30)48(32-14-5-2-6-15-32)42-28-44-46-36(18-11-19-38(46)45(37)42)35-17-8-10-21-43(35)49-44/h1-28H. The van der Waals surface area contributed by atoms with Crippen molar-refractivity contribution in [1.82, 2.24) is 9.13 Å². The van der Waals surface area contributed by atoms with Crippen molar-refractivity contribution in [3.8, 4) is 45.1 Å². The van der Waals surface area contributed by atoms with Gasteiger partial charge in [0.15, 0.2) is 0 Å². The van der Waals surface area contributed by atoms with Gasteiger partial charge in [0.2, 0.25) is 0 Å². The zero-order chi connectivity index (χ0) is 32.1. The molecule has 3 heteroatoms. The van der Waals surface area contributed by atoms with Crippen molar-refractivity contribution in [2.45, 2.75) is 0 Å². The second kappa shape index (κ2) is 9.96. The van der Waals surface area contributed by atoms with Crippen LogP contribution in [0.15, 0.2) is 170 Å². The van der Waals surface area contributed by atoms with Crippen molar-refractivity contribution in [1.29, 1.82) is 0 Å². The summed E-state index contributed by atoms with van der Waals surface area (Å²) in [5, 5.41) is 7.36. The average Bonchev–Trinajstić information content (AvgIpc) is 3.67. The Balaban J connectivity index is 1.20. The van der Waals surface area contributed by atoms with Crippen LogP contribution in [0.5, 0.6) is 11.5 Å². The number of para-hydroxylation sites is 4. The second-order valence-corrected chi connectivity index (χ2v) is 12.9. The summed E-state index contributed by atoms with van der Waals surface area (Å²) in [5.74, 6) is 1.80. The lowest BCUT2D eigenvalue weighted by molar-refractivity contribution is 0.487. The van der Waals surface area contributed by atoms with E-state index in [9.17, 15) is 0 Å². The average molecular weight is 625 g/mol. The first kappa shape index (κ1) is 26.5. The predicted octanol–water partition coefficient (Wildman–Crippen LogP) is 12.5. The first-order valence-electron chi connectivity index (χ1n) is 16.8. The fourth-order valence-electron chi connectivity index (χ4n) is 8.19. The van der Waals surface area contributed by atoms with Gasteiger partial charge in [-0.25, -0.2) is 0 Å². The lowest BCUT2D eigenvalue weighted by atomic mass is 9.92. The lowest BCUT2D eigenvalue weighted by Crippen LogP contribution is -1.98. The molecule has 0 amide bonds. The van der Waals surface area contributed by atoms with E-state index in [-0.39, 0.29) is 0 Å². The summed E-state index contributed by atoms with van der Waals surface area (Å²) < 4.78 is 11.4. The molecule has 1 aliphatic rings. The Bertz CT molecular complexity index is 2950. The maximum atomic E-state index is 6.64. The molecule has 1 aliphatic heterocycles. The van der Waals surface area contributed by atoms with E-state index in [1.165, 1.54) is 65.6 Å². The number of hydrogen-bond acceptors (Lipinski definition) is 1. The molecule has 0 N–H and O–H groups in total. The molecule has 3 heterocycles. The first-order chi connectivity index (χ1) is 24.3. The van der Waals surface area contributed by atoms with Crippen LogP contribution < -0.4 is 4.74 Å². The highest BCUT2D eigenvalue weighted by Gasteiger charge is 2.25. The van der Waals surface area contributed by atoms with Crippen LogP contribution in [0.3, 0.4) is 0 Å². The quantitative estimate of drug-likeness (QED) is 0.191. The minimum Gasteiger partial charge on any atom is -0.456 e. The van der Waals surface area contributed by atoms with E-state index in [4.69, 9.17) is 4.74 Å². The molecule has 0 saturated carbocycles. The fourth-order valence-corrected chi connectivity index (χ4v) is 8.19. The van der Waals surface area contributed by atoms with Gasteiger partial charge in [-0.1, -0.05) is 115 Å². The normalized spacial score (nSPS) is 12.2. The van der Waals surface area contributed by atoms with Gasteiger partial charge in [0.25, 0.3) is 0 Å². The molecule has 0 radical (unpaired) electrons. The van der Waals surface area contributed by atoms with Gasteiger partial charge < -0.3 is 13.9 Å². The van der Waals surface area contributed by atoms with Crippen LogP contribution in [0, 0.1) is 0 Å². The molecule has 0 spiro atoms. The Morgan fingerprint density at radius 2 is 0.898 bits per heavy atom. The fraction of sp³-hybridized carbons (Fsp3) is 0. The summed E-state index contributed by atoms with van der Waals surface area (Å²) in [5.41, 5.74) is 11.7. The molecule has 0 bridgehead atoms. The second-order valence-electron chi connectivity index (χ2n) is 12.9. The highest BCUT2D eigenvalue weighted by molar-refractivity contribution is 6.25. The Morgan fingerprint density at radius 1 is 0.327 bits per heavy atom. The van der Waals surface area contributed by atoms with Crippen LogP contribution in [-0.2, 0) is 0 Å². The van der Waals surface area contributed by atoms with E-state index in [1.807, 2.05) is 6.07 Å². The summed E-state index contributed by atoms with van der Waals surface area (Å²) in [6.07, 6.45) is 0. The van der Waals surface area contributed by atoms with Gasteiger partial charge in [-0.2, -0.15) is 0 Å². The molecule has 11 rings (SSSR count). The smallest absolute Gasteiger partial charge is 0.138 e. The van der Waals surface area contributed by atoms with E-state index in [2.05, 4.69) is 173 Å². The molecule has 8 aromatic carbocycles. The van der Waals surface area contributed by atoms with Crippen LogP contribution in [0.4, 0.5) is 0 Å². The molecule has 0 unspecified atom stereocenters. The number of ether oxygens (including phenoxy) is 1. The number of fused-ring (bicyclic) bond motifs is 9. The van der Waals surface area contributed by atoms with Crippen molar-refractivity contribution in [3.63, 3.8) is 0 Å². The topological polar surface area (TPSA) is 19.1 Å². The van der Waals surface area contributed by atoms with E-state index in [1.54, 1.807) is 0 Å². The Hall–Kier alpha value is -6.58. The van der Waals surface area contributed by atoms with E-state index >= 15 is 0 Å². The molecular weight excluding hydrogens is 597 g/mol. The van der Waals surface area contributed by atoms with E-state index in [0.29, 0.717) is 0 Å². The highest BCUT2D eigenvalue weighted by atomic mass is 16.5. The van der Waals surface area contributed by atoms with Crippen molar-refractivity contribution in [3.05, 3.63) is 170 Å². The van der Waals surface area contributed by atoms with Crippen LogP contribution in [0.1, 0.15) is 0 Å². The van der Waals surface area contributed by atoms with E-state index < -0.39 is 0 Å². The molecule has 0 fully saturated rings. The van der Waals surface area contributed by atoms with Crippen LogP contribution >= 0.6 is 0 Å². The van der Waals surface area contributed by atoms with Crippen LogP contribution in [-0.4, -0.2) is 9.13 Å². The third kappa shape index (κ3) is 3.73. The molecule has 228 valence electrons. The third-order valence-electron chi connectivity index (χ3n) is 10.3. The minimum atomic E-state index is 0.898. The Morgan fingerprint density at radius 3 is 1.67 bits per heavy atom. The number of benzene rings is 8. The maximum absolute atomic E-state index is 6.64. The summed E-state index contributed by atoms with van der Waals surface area (Å²) in [4.78, 5) is 0. The minimum absolute atomic E-state index is 0.898. The monoisotopic (exact) mass is 624 g/mol. The SMILES string of the molecule is c1ccc(-n2c3ccccc3c3ccc(-c4ccc5c6c7cccc8c7c(cc6n(-c6ccccc6)c5c4)Oc4ccccc4-8)cc32)cc1. The van der Waals surface area contributed by atoms with Crippen LogP contribution in [0.2, 0.25) is 0 Å². The summed E-state index contributed by atoms with van der Waals surface area (Å²) in [7, 11) is 0. The highest BCUT2D eigenvalue weighted by Crippen LogP contribution is 2.50. The molecule has 3 nitrogen and oxygen atoms in total. The van der Waals surface area contributed by atoms with Gasteiger partial charge in [0.05, 0.1) is 22.1 Å².